The zero-order chi connectivity index (χ0) is 14.7. The highest BCUT2D eigenvalue weighted by Gasteiger charge is 2.05. The maximum atomic E-state index is 8.69. The van der Waals surface area contributed by atoms with Gasteiger partial charge in [-0.05, 0) is 19.1 Å². The monoisotopic (exact) mass is 299 g/mol. The van der Waals surface area contributed by atoms with Crippen molar-refractivity contribution in [2.24, 2.45) is 0 Å². The molecule has 0 unspecified atom stereocenters. The molecule has 0 atom stereocenters. The third-order valence-electron chi connectivity index (χ3n) is 2.76. The molecule has 0 amide bonds. The predicted octanol–water partition coefficient (Wildman–Crippen LogP) is 1.89. The molecule has 0 fully saturated rings. The van der Waals surface area contributed by atoms with Crippen LogP contribution < -0.4 is 10.6 Å². The molecule has 2 N–H and O–H groups in total. The Bertz CT molecular complexity index is 750. The Morgan fingerprint density at radius 2 is 2.19 bits per heavy atom. The second-order valence-corrected chi connectivity index (χ2v) is 5.37. The van der Waals surface area contributed by atoms with Crippen LogP contribution in [0.4, 0.5) is 10.9 Å². The van der Waals surface area contributed by atoms with Crippen LogP contribution in [0.15, 0.2) is 24.5 Å². The van der Waals surface area contributed by atoms with Crippen LogP contribution in [0.25, 0.3) is 4.96 Å². The molecule has 3 aromatic rings. The lowest BCUT2D eigenvalue weighted by molar-refractivity contribution is 0.955. The van der Waals surface area contributed by atoms with E-state index in [1.165, 1.54) is 11.3 Å². The highest BCUT2D eigenvalue weighted by atomic mass is 32.1. The molecule has 3 rings (SSSR count). The van der Waals surface area contributed by atoms with Crippen LogP contribution in [0.3, 0.4) is 0 Å². The molecule has 0 aliphatic rings. The topological polar surface area (TPSA) is 90.9 Å². The lowest BCUT2D eigenvalue weighted by Crippen LogP contribution is -2.14. The summed E-state index contributed by atoms with van der Waals surface area (Å²) in [5.41, 5.74) is 1.52. The lowest BCUT2D eigenvalue weighted by Gasteiger charge is -2.05. The number of aromatic nitrogens is 4. The first kappa shape index (κ1) is 13.3. The number of anilines is 2. The number of hydrogen-bond donors (Lipinski definition) is 2. The van der Waals surface area contributed by atoms with Crippen molar-refractivity contribution in [2.45, 2.75) is 6.92 Å². The number of nitrogens with zero attached hydrogens (tertiary/aromatic N) is 5. The van der Waals surface area contributed by atoms with Gasteiger partial charge in [0.2, 0.25) is 10.1 Å². The first-order valence-corrected chi connectivity index (χ1v) is 7.23. The summed E-state index contributed by atoms with van der Waals surface area (Å²) in [6, 6.07) is 5.57. The van der Waals surface area contributed by atoms with E-state index >= 15 is 0 Å². The summed E-state index contributed by atoms with van der Waals surface area (Å²) in [4.78, 5) is 9.38. The van der Waals surface area contributed by atoms with E-state index in [9.17, 15) is 0 Å². The summed E-state index contributed by atoms with van der Waals surface area (Å²) in [6.45, 7) is 3.38. The smallest absolute Gasteiger partial charge is 0.214 e. The van der Waals surface area contributed by atoms with Gasteiger partial charge in [-0.15, -0.1) is 5.10 Å². The van der Waals surface area contributed by atoms with E-state index in [-0.39, 0.29) is 0 Å². The molecule has 0 aliphatic heterocycles. The summed E-state index contributed by atoms with van der Waals surface area (Å²) in [6.07, 6.45) is 3.45. The Labute approximate surface area is 125 Å². The molecular formula is C13H13N7S. The number of fused-ring (bicyclic) bond motifs is 1. The van der Waals surface area contributed by atoms with Crippen LogP contribution in [0.2, 0.25) is 0 Å². The van der Waals surface area contributed by atoms with Gasteiger partial charge in [0.05, 0.1) is 17.5 Å². The molecular weight excluding hydrogens is 286 g/mol. The molecule has 21 heavy (non-hydrogen) atoms. The Hall–Kier alpha value is -2.66. The SMILES string of the molecule is Cc1cn2nc(NCCNc3ccc(C#N)cn3)sc2n1. The summed E-state index contributed by atoms with van der Waals surface area (Å²) in [7, 11) is 0. The highest BCUT2D eigenvalue weighted by Crippen LogP contribution is 2.18. The van der Waals surface area contributed by atoms with Crippen molar-refractivity contribution in [3.8, 4) is 6.07 Å². The molecule has 0 aliphatic carbocycles. The third kappa shape index (κ3) is 3.09. The maximum Gasteiger partial charge on any atom is 0.214 e. The average molecular weight is 299 g/mol. The zero-order valence-electron chi connectivity index (χ0n) is 11.4. The van der Waals surface area contributed by atoms with E-state index in [4.69, 9.17) is 5.26 Å². The number of imidazole rings is 1. The molecule has 0 radical (unpaired) electrons. The van der Waals surface area contributed by atoms with Gasteiger partial charge < -0.3 is 10.6 Å². The molecule has 0 saturated carbocycles. The molecule has 3 heterocycles. The minimum atomic E-state index is 0.556. The van der Waals surface area contributed by atoms with Crippen molar-refractivity contribution in [3.63, 3.8) is 0 Å². The van der Waals surface area contributed by atoms with Crippen molar-refractivity contribution < 1.29 is 0 Å². The molecule has 7 nitrogen and oxygen atoms in total. The average Bonchev–Trinajstić information content (AvgIpc) is 3.01. The van der Waals surface area contributed by atoms with Gasteiger partial charge in [0.15, 0.2) is 0 Å². The summed E-state index contributed by atoms with van der Waals surface area (Å²) in [5, 5.41) is 20.3. The van der Waals surface area contributed by atoms with E-state index in [0.29, 0.717) is 12.1 Å². The molecule has 3 aromatic heterocycles. The molecule has 8 heteroatoms. The largest absolute Gasteiger partial charge is 0.368 e. The number of aryl methyl sites for hydroxylation is 1. The van der Waals surface area contributed by atoms with Gasteiger partial charge in [-0.2, -0.15) is 5.26 Å². The van der Waals surface area contributed by atoms with Gasteiger partial charge in [0.25, 0.3) is 0 Å². The van der Waals surface area contributed by atoms with Crippen LogP contribution in [-0.4, -0.2) is 32.7 Å². The van der Waals surface area contributed by atoms with Gasteiger partial charge in [-0.3, -0.25) is 0 Å². The fourth-order valence-electron chi connectivity index (χ4n) is 1.81. The first-order chi connectivity index (χ1) is 10.2. The van der Waals surface area contributed by atoms with Crippen LogP contribution >= 0.6 is 11.3 Å². The van der Waals surface area contributed by atoms with Crippen LogP contribution in [0.1, 0.15) is 11.3 Å². The van der Waals surface area contributed by atoms with E-state index < -0.39 is 0 Å². The standard InChI is InChI=1S/C13H13N7S/c1-9-8-20-13(18-9)21-12(19-20)16-5-4-15-11-3-2-10(6-14)7-17-11/h2-3,7-8H,4-5H2,1H3,(H,15,17)(H,16,19). The summed E-state index contributed by atoms with van der Waals surface area (Å²) >= 11 is 1.52. The Morgan fingerprint density at radius 3 is 2.90 bits per heavy atom. The number of nitrogens with one attached hydrogen (secondary N) is 2. The lowest BCUT2D eigenvalue weighted by atomic mass is 10.3. The minimum absolute atomic E-state index is 0.556. The van der Waals surface area contributed by atoms with E-state index in [1.54, 1.807) is 22.8 Å². The third-order valence-corrected chi connectivity index (χ3v) is 3.64. The predicted molar refractivity (Wildman–Crippen MR) is 81.5 cm³/mol. The summed E-state index contributed by atoms with van der Waals surface area (Å²) < 4.78 is 1.78. The fourth-order valence-corrected chi connectivity index (χ4v) is 2.66. The number of nitriles is 1. The summed E-state index contributed by atoms with van der Waals surface area (Å²) in [5.74, 6) is 0.750. The van der Waals surface area contributed by atoms with Crippen molar-refractivity contribution in [2.75, 3.05) is 23.7 Å². The van der Waals surface area contributed by atoms with E-state index in [1.807, 2.05) is 19.2 Å². The zero-order valence-corrected chi connectivity index (χ0v) is 12.2. The Kier molecular flexibility index (Phi) is 3.66. The van der Waals surface area contributed by atoms with Crippen LogP contribution in [0, 0.1) is 18.3 Å². The quantitative estimate of drug-likeness (QED) is 0.699. The van der Waals surface area contributed by atoms with Gasteiger partial charge in [-0.25, -0.2) is 14.5 Å². The van der Waals surface area contributed by atoms with Gasteiger partial charge >= 0.3 is 0 Å². The number of rotatable bonds is 5. The first-order valence-electron chi connectivity index (χ1n) is 6.41. The number of pyridine rings is 1. The molecule has 0 aromatic carbocycles. The van der Waals surface area contributed by atoms with Crippen molar-refractivity contribution in [3.05, 3.63) is 35.8 Å². The Morgan fingerprint density at radius 1 is 1.33 bits per heavy atom. The van der Waals surface area contributed by atoms with Gasteiger partial charge in [0.1, 0.15) is 11.9 Å². The minimum Gasteiger partial charge on any atom is -0.368 e. The Balaban J connectivity index is 1.49. The fraction of sp³-hybridized carbons (Fsp3) is 0.231. The van der Waals surface area contributed by atoms with Crippen molar-refractivity contribution >= 4 is 27.2 Å². The van der Waals surface area contributed by atoms with Gasteiger partial charge in [-0.1, -0.05) is 11.3 Å². The molecule has 0 spiro atoms. The second-order valence-electron chi connectivity index (χ2n) is 4.41. The van der Waals surface area contributed by atoms with E-state index in [2.05, 4.69) is 25.7 Å². The maximum absolute atomic E-state index is 8.69. The van der Waals surface area contributed by atoms with E-state index in [0.717, 1.165) is 28.1 Å². The van der Waals surface area contributed by atoms with Crippen LogP contribution in [-0.2, 0) is 0 Å². The molecule has 106 valence electrons. The van der Waals surface area contributed by atoms with Crippen molar-refractivity contribution in [1.82, 2.24) is 19.6 Å². The molecule has 0 saturated heterocycles. The second kappa shape index (κ2) is 5.76. The molecule has 0 bridgehead atoms. The normalized spacial score (nSPS) is 10.5. The van der Waals surface area contributed by atoms with Crippen molar-refractivity contribution in [1.29, 1.82) is 5.26 Å². The van der Waals surface area contributed by atoms with Crippen LogP contribution in [0.5, 0.6) is 0 Å². The van der Waals surface area contributed by atoms with Gasteiger partial charge in [0, 0.05) is 19.3 Å². The number of hydrogen-bond acceptors (Lipinski definition) is 7. The highest BCUT2D eigenvalue weighted by molar-refractivity contribution is 7.20.